The number of carbonyl (C=O) groups is 1. The monoisotopic (exact) mass is 453 g/mol. The van der Waals surface area contributed by atoms with Crippen LogP contribution in [0.15, 0.2) is 57.9 Å². The third-order valence-corrected chi connectivity index (χ3v) is 5.22. The second-order valence-corrected chi connectivity index (χ2v) is 7.91. The Labute approximate surface area is 191 Å². The number of fused-ring (bicyclic) bond motifs is 1. The lowest BCUT2D eigenvalue weighted by molar-refractivity contribution is -0.145. The van der Waals surface area contributed by atoms with Crippen LogP contribution < -0.4 is 19.6 Å². The van der Waals surface area contributed by atoms with Crippen LogP contribution in [0.2, 0.25) is 0 Å². The van der Waals surface area contributed by atoms with E-state index in [9.17, 15) is 9.59 Å². The van der Waals surface area contributed by atoms with Crippen molar-refractivity contribution in [3.8, 4) is 23.0 Å². The van der Waals surface area contributed by atoms with Crippen LogP contribution in [0.3, 0.4) is 0 Å². The van der Waals surface area contributed by atoms with Gasteiger partial charge >= 0.3 is 0 Å². The molecule has 1 aliphatic heterocycles. The number of carbonyl (C=O) groups excluding carboxylic acids is 1. The Morgan fingerprint density at radius 1 is 1.03 bits per heavy atom. The molecule has 0 bridgehead atoms. The average Bonchev–Trinajstić information content (AvgIpc) is 2.80. The molecule has 2 heterocycles. The van der Waals surface area contributed by atoms with Gasteiger partial charge in [-0.25, -0.2) is 0 Å². The number of benzene rings is 2. The van der Waals surface area contributed by atoms with E-state index in [1.54, 1.807) is 41.3 Å². The molecule has 2 aromatic carbocycles. The van der Waals surface area contributed by atoms with E-state index in [-0.39, 0.29) is 35.9 Å². The highest BCUT2D eigenvalue weighted by Crippen LogP contribution is 2.31. The fourth-order valence-electron chi connectivity index (χ4n) is 3.80. The van der Waals surface area contributed by atoms with Crippen molar-refractivity contribution in [3.05, 3.63) is 59.0 Å². The van der Waals surface area contributed by atoms with E-state index in [0.717, 1.165) is 0 Å². The standard InChI is InChI=1S/C25H27NO7/c1-4-29-20-7-5-6-8-21(20)33-23-14-31-22-11-18(9-10-19(22)25(23)28)30-15-24(27)26-12-16(2)32-17(3)13-26/h5-11,14,16-17H,4,12-13,15H2,1-3H3/t16-,17+. The van der Waals surface area contributed by atoms with Gasteiger partial charge in [0.15, 0.2) is 18.1 Å². The molecule has 1 fully saturated rings. The van der Waals surface area contributed by atoms with Gasteiger partial charge in [-0.1, -0.05) is 12.1 Å². The Hall–Kier alpha value is -3.52. The van der Waals surface area contributed by atoms with Gasteiger partial charge in [0.2, 0.25) is 11.2 Å². The number of para-hydroxylation sites is 2. The van der Waals surface area contributed by atoms with Crippen molar-refractivity contribution < 1.29 is 28.2 Å². The zero-order valence-electron chi connectivity index (χ0n) is 18.9. The highest BCUT2D eigenvalue weighted by atomic mass is 16.5. The van der Waals surface area contributed by atoms with Crippen LogP contribution in [0.25, 0.3) is 11.0 Å². The zero-order valence-corrected chi connectivity index (χ0v) is 18.9. The molecule has 2 atom stereocenters. The van der Waals surface area contributed by atoms with Crippen molar-refractivity contribution in [2.45, 2.75) is 33.0 Å². The number of hydrogen-bond donors (Lipinski definition) is 0. The van der Waals surface area contributed by atoms with Crippen molar-refractivity contribution in [2.75, 3.05) is 26.3 Å². The summed E-state index contributed by atoms with van der Waals surface area (Å²) in [5.41, 5.74) is 0.0190. The van der Waals surface area contributed by atoms with Gasteiger partial charge in [-0.05, 0) is 45.0 Å². The minimum atomic E-state index is -0.318. The van der Waals surface area contributed by atoms with Crippen LogP contribution in [0.4, 0.5) is 0 Å². The molecule has 0 unspecified atom stereocenters. The predicted octanol–water partition coefficient (Wildman–Crippen LogP) is 4.00. The summed E-state index contributed by atoms with van der Waals surface area (Å²) in [6, 6.07) is 11.9. The summed E-state index contributed by atoms with van der Waals surface area (Å²) >= 11 is 0. The van der Waals surface area contributed by atoms with Gasteiger partial charge < -0.3 is 28.3 Å². The molecule has 3 aromatic rings. The zero-order chi connectivity index (χ0) is 23.4. The highest BCUT2D eigenvalue weighted by molar-refractivity contribution is 5.80. The van der Waals surface area contributed by atoms with Crippen LogP contribution >= 0.6 is 0 Å². The molecule has 8 heteroatoms. The summed E-state index contributed by atoms with van der Waals surface area (Å²) in [5.74, 6) is 1.33. The Morgan fingerprint density at radius 3 is 2.48 bits per heavy atom. The van der Waals surface area contributed by atoms with E-state index in [1.807, 2.05) is 26.8 Å². The van der Waals surface area contributed by atoms with E-state index in [0.29, 0.717) is 47.9 Å². The molecular weight excluding hydrogens is 426 g/mol. The topological polar surface area (TPSA) is 87.4 Å². The molecule has 174 valence electrons. The fourth-order valence-corrected chi connectivity index (χ4v) is 3.80. The molecule has 4 rings (SSSR count). The Kier molecular flexibility index (Phi) is 6.84. The first-order valence-corrected chi connectivity index (χ1v) is 11.0. The summed E-state index contributed by atoms with van der Waals surface area (Å²) in [7, 11) is 0. The summed E-state index contributed by atoms with van der Waals surface area (Å²) in [6.07, 6.45) is 1.24. The third kappa shape index (κ3) is 5.28. The average molecular weight is 453 g/mol. The largest absolute Gasteiger partial charge is 0.490 e. The number of morpholine rings is 1. The maximum atomic E-state index is 12.9. The molecule has 0 N–H and O–H groups in total. The minimum absolute atomic E-state index is 0.00967. The van der Waals surface area contributed by atoms with Gasteiger partial charge in [0.25, 0.3) is 5.91 Å². The van der Waals surface area contributed by atoms with E-state index < -0.39 is 0 Å². The van der Waals surface area contributed by atoms with E-state index >= 15 is 0 Å². The third-order valence-electron chi connectivity index (χ3n) is 5.22. The van der Waals surface area contributed by atoms with Crippen LogP contribution in [-0.2, 0) is 9.53 Å². The molecule has 1 aliphatic rings. The minimum Gasteiger partial charge on any atom is -0.490 e. The van der Waals surface area contributed by atoms with E-state index in [2.05, 4.69) is 0 Å². The lowest BCUT2D eigenvalue weighted by Crippen LogP contribution is -2.49. The number of hydrogen-bond acceptors (Lipinski definition) is 7. The van der Waals surface area contributed by atoms with Gasteiger partial charge in [0.05, 0.1) is 24.2 Å². The molecule has 0 spiro atoms. The molecule has 0 radical (unpaired) electrons. The number of rotatable bonds is 7. The van der Waals surface area contributed by atoms with Crippen LogP contribution in [-0.4, -0.2) is 49.3 Å². The number of nitrogens with zero attached hydrogens (tertiary/aromatic N) is 1. The number of ether oxygens (including phenoxy) is 4. The molecule has 0 saturated carbocycles. The first-order valence-electron chi connectivity index (χ1n) is 11.0. The van der Waals surface area contributed by atoms with Crippen molar-refractivity contribution in [3.63, 3.8) is 0 Å². The quantitative estimate of drug-likeness (QED) is 0.534. The molecule has 1 amide bonds. The van der Waals surface area contributed by atoms with Gasteiger partial charge in [-0.3, -0.25) is 9.59 Å². The van der Waals surface area contributed by atoms with E-state index in [4.69, 9.17) is 23.4 Å². The van der Waals surface area contributed by atoms with E-state index in [1.165, 1.54) is 6.26 Å². The van der Waals surface area contributed by atoms with Crippen molar-refractivity contribution in [2.24, 2.45) is 0 Å². The molecule has 1 aromatic heterocycles. The van der Waals surface area contributed by atoms with Crippen molar-refractivity contribution >= 4 is 16.9 Å². The molecule has 1 saturated heterocycles. The van der Waals surface area contributed by atoms with Crippen LogP contribution in [0.5, 0.6) is 23.0 Å². The molecule has 33 heavy (non-hydrogen) atoms. The first-order chi connectivity index (χ1) is 15.9. The second-order valence-electron chi connectivity index (χ2n) is 7.91. The highest BCUT2D eigenvalue weighted by Gasteiger charge is 2.26. The summed E-state index contributed by atoms with van der Waals surface area (Å²) < 4.78 is 28.3. The summed E-state index contributed by atoms with van der Waals surface area (Å²) in [5, 5.41) is 0.343. The molecule has 0 aliphatic carbocycles. The van der Waals surface area contributed by atoms with Crippen LogP contribution in [0.1, 0.15) is 20.8 Å². The first kappa shape index (κ1) is 22.7. The second kappa shape index (κ2) is 9.95. The van der Waals surface area contributed by atoms with Gasteiger partial charge in [-0.2, -0.15) is 0 Å². The lowest BCUT2D eigenvalue weighted by Gasteiger charge is -2.35. The molecular formula is C25H27NO7. The molecule has 8 nitrogen and oxygen atoms in total. The Balaban J connectivity index is 1.47. The number of amides is 1. The summed E-state index contributed by atoms with van der Waals surface area (Å²) in [4.78, 5) is 27.2. The predicted molar refractivity (Wildman–Crippen MR) is 122 cm³/mol. The van der Waals surface area contributed by atoms with Crippen LogP contribution in [0, 0.1) is 0 Å². The van der Waals surface area contributed by atoms with Crippen molar-refractivity contribution in [1.82, 2.24) is 4.90 Å². The SMILES string of the molecule is CCOc1ccccc1Oc1coc2cc(OCC(=O)N3C[C@@H](C)O[C@@H](C)C3)ccc2c1=O. The normalized spacial score (nSPS) is 18.2. The Morgan fingerprint density at radius 2 is 1.76 bits per heavy atom. The van der Waals surface area contributed by atoms with Gasteiger partial charge in [-0.15, -0.1) is 0 Å². The fraction of sp³-hybridized carbons (Fsp3) is 0.360. The maximum absolute atomic E-state index is 12.9. The maximum Gasteiger partial charge on any atom is 0.260 e. The summed E-state index contributed by atoms with van der Waals surface area (Å²) in [6.45, 7) is 7.19. The Bertz CT molecular complexity index is 1180. The van der Waals surface area contributed by atoms with Crippen molar-refractivity contribution in [1.29, 1.82) is 0 Å². The van der Waals surface area contributed by atoms with Gasteiger partial charge in [0, 0.05) is 19.2 Å². The smallest absolute Gasteiger partial charge is 0.260 e. The lowest BCUT2D eigenvalue weighted by atomic mass is 10.2. The van der Waals surface area contributed by atoms with Gasteiger partial charge in [0.1, 0.15) is 17.6 Å².